The van der Waals surface area contributed by atoms with Crippen LogP contribution in [0.2, 0.25) is 5.15 Å². The fourth-order valence-electron chi connectivity index (χ4n) is 1.50. The second kappa shape index (κ2) is 5.48. The van der Waals surface area contributed by atoms with Crippen molar-refractivity contribution in [3.63, 3.8) is 0 Å². The predicted octanol–water partition coefficient (Wildman–Crippen LogP) is -0.122. The number of aryl methyl sites for hydroxylation is 1. The van der Waals surface area contributed by atoms with Gasteiger partial charge in [0, 0.05) is 26.1 Å². The minimum Gasteiger partial charge on any atom is -0.355 e. The number of hydrogen-bond donors (Lipinski definition) is 2. The highest BCUT2D eigenvalue weighted by Gasteiger charge is 2.29. The van der Waals surface area contributed by atoms with E-state index in [4.69, 9.17) is 11.6 Å². The van der Waals surface area contributed by atoms with Crippen molar-refractivity contribution in [3.8, 4) is 0 Å². The van der Waals surface area contributed by atoms with Gasteiger partial charge in [-0.1, -0.05) is 11.6 Å². The summed E-state index contributed by atoms with van der Waals surface area (Å²) in [6, 6.07) is 0. The normalized spacial score (nSPS) is 15.5. The van der Waals surface area contributed by atoms with Crippen molar-refractivity contribution in [3.05, 3.63) is 11.5 Å². The first-order chi connectivity index (χ1) is 8.92. The Bertz CT molecular complexity index is 580. The molecule has 9 heteroatoms. The smallest absolute Gasteiger partial charge is 0.261 e. The average Bonchev–Trinajstić information content (AvgIpc) is 3.13. The summed E-state index contributed by atoms with van der Waals surface area (Å²) in [5, 5.41) is 2.51. The largest absolute Gasteiger partial charge is 0.355 e. The molecule has 0 saturated heterocycles. The minimum atomic E-state index is -3.74. The van der Waals surface area contributed by atoms with E-state index >= 15 is 0 Å². The zero-order valence-corrected chi connectivity index (χ0v) is 12.0. The van der Waals surface area contributed by atoms with Crippen molar-refractivity contribution in [2.45, 2.75) is 17.9 Å². The van der Waals surface area contributed by atoms with Crippen LogP contribution in [0.1, 0.15) is 12.8 Å². The third-order valence-electron chi connectivity index (χ3n) is 2.75. The van der Waals surface area contributed by atoms with Gasteiger partial charge in [0.1, 0.15) is 5.15 Å². The summed E-state index contributed by atoms with van der Waals surface area (Å²) in [4.78, 5) is 15.1. The van der Waals surface area contributed by atoms with Crippen LogP contribution in [-0.4, -0.2) is 37.0 Å². The SMILES string of the molecule is Cn1cnc(S(=O)(=O)NCCNC(=O)C2CC2)c1Cl. The summed E-state index contributed by atoms with van der Waals surface area (Å²) in [5.74, 6) is 0.0944. The molecule has 0 atom stereocenters. The Kier molecular flexibility index (Phi) is 4.12. The first-order valence-corrected chi connectivity index (χ1v) is 7.72. The molecule has 1 aliphatic carbocycles. The van der Waals surface area contributed by atoms with Crippen LogP contribution in [-0.2, 0) is 21.9 Å². The third-order valence-corrected chi connectivity index (χ3v) is 4.70. The van der Waals surface area contributed by atoms with E-state index in [1.165, 1.54) is 10.9 Å². The molecule has 0 unspecified atom stereocenters. The van der Waals surface area contributed by atoms with Gasteiger partial charge in [0.15, 0.2) is 0 Å². The van der Waals surface area contributed by atoms with E-state index in [9.17, 15) is 13.2 Å². The summed E-state index contributed by atoms with van der Waals surface area (Å²) in [5.41, 5.74) is 0. The Morgan fingerprint density at radius 2 is 2.21 bits per heavy atom. The Morgan fingerprint density at radius 1 is 1.53 bits per heavy atom. The highest BCUT2D eigenvalue weighted by Crippen LogP contribution is 2.28. The van der Waals surface area contributed by atoms with Crippen LogP contribution in [0.15, 0.2) is 11.4 Å². The van der Waals surface area contributed by atoms with E-state index < -0.39 is 10.0 Å². The van der Waals surface area contributed by atoms with Crippen molar-refractivity contribution in [1.29, 1.82) is 0 Å². The number of sulfonamides is 1. The van der Waals surface area contributed by atoms with E-state index in [-0.39, 0.29) is 35.1 Å². The number of imidazole rings is 1. The average molecular weight is 307 g/mol. The van der Waals surface area contributed by atoms with E-state index in [1.807, 2.05) is 0 Å². The highest BCUT2D eigenvalue weighted by atomic mass is 35.5. The van der Waals surface area contributed by atoms with Crippen LogP contribution in [0.25, 0.3) is 0 Å². The number of hydrogen-bond acceptors (Lipinski definition) is 4. The van der Waals surface area contributed by atoms with Gasteiger partial charge in [-0.05, 0) is 12.8 Å². The van der Waals surface area contributed by atoms with Crippen LogP contribution in [0.5, 0.6) is 0 Å². The Balaban J connectivity index is 1.84. The second-order valence-electron chi connectivity index (χ2n) is 4.41. The third kappa shape index (κ3) is 3.46. The lowest BCUT2D eigenvalue weighted by molar-refractivity contribution is -0.122. The van der Waals surface area contributed by atoms with Crippen molar-refractivity contribution in [2.24, 2.45) is 13.0 Å². The molecule has 19 heavy (non-hydrogen) atoms. The predicted molar refractivity (Wildman–Crippen MR) is 69.1 cm³/mol. The molecule has 1 amide bonds. The van der Waals surface area contributed by atoms with Gasteiger partial charge in [0.2, 0.25) is 10.9 Å². The maximum absolute atomic E-state index is 11.9. The molecule has 106 valence electrons. The molecular formula is C10H15ClN4O3S. The Labute approximate surface area is 116 Å². The summed E-state index contributed by atoms with van der Waals surface area (Å²) in [6.07, 6.45) is 3.16. The number of carbonyl (C=O) groups excluding carboxylic acids is 1. The van der Waals surface area contributed by atoms with E-state index in [2.05, 4.69) is 15.0 Å². The van der Waals surface area contributed by atoms with Crippen LogP contribution in [0, 0.1) is 5.92 Å². The lowest BCUT2D eigenvalue weighted by Gasteiger charge is -2.06. The zero-order valence-electron chi connectivity index (χ0n) is 10.4. The molecule has 1 heterocycles. The summed E-state index contributed by atoms with van der Waals surface area (Å²) >= 11 is 5.82. The van der Waals surface area contributed by atoms with Gasteiger partial charge in [-0.2, -0.15) is 0 Å². The summed E-state index contributed by atoms with van der Waals surface area (Å²) in [7, 11) is -2.14. The lowest BCUT2D eigenvalue weighted by Crippen LogP contribution is -2.35. The van der Waals surface area contributed by atoms with Crippen LogP contribution in [0.3, 0.4) is 0 Å². The molecule has 0 radical (unpaired) electrons. The Morgan fingerprint density at radius 3 is 2.74 bits per heavy atom. The minimum absolute atomic E-state index is 0.0185. The number of nitrogens with one attached hydrogen (secondary N) is 2. The number of carbonyl (C=O) groups is 1. The summed E-state index contributed by atoms with van der Waals surface area (Å²) in [6.45, 7) is 0.354. The molecule has 1 aliphatic rings. The van der Waals surface area contributed by atoms with Crippen molar-refractivity contribution < 1.29 is 13.2 Å². The van der Waals surface area contributed by atoms with Crippen LogP contribution in [0.4, 0.5) is 0 Å². The molecule has 7 nitrogen and oxygen atoms in total. The molecule has 0 aromatic carbocycles. The lowest BCUT2D eigenvalue weighted by atomic mass is 10.4. The molecule has 1 fully saturated rings. The van der Waals surface area contributed by atoms with E-state index in [0.717, 1.165) is 12.8 Å². The Hall–Kier alpha value is -1.12. The fraction of sp³-hybridized carbons (Fsp3) is 0.600. The number of nitrogens with zero attached hydrogens (tertiary/aromatic N) is 2. The number of amides is 1. The second-order valence-corrected chi connectivity index (χ2v) is 6.45. The van der Waals surface area contributed by atoms with E-state index in [0.29, 0.717) is 0 Å². The molecule has 0 aliphatic heterocycles. The number of aromatic nitrogens is 2. The molecule has 1 aromatic rings. The highest BCUT2D eigenvalue weighted by molar-refractivity contribution is 7.89. The fourth-order valence-corrected chi connectivity index (χ4v) is 2.96. The molecule has 1 aromatic heterocycles. The molecule has 2 rings (SSSR count). The number of halogens is 1. The molecule has 0 spiro atoms. The van der Waals surface area contributed by atoms with Gasteiger partial charge in [0.25, 0.3) is 10.0 Å². The summed E-state index contributed by atoms with van der Waals surface area (Å²) < 4.78 is 27.5. The van der Waals surface area contributed by atoms with Crippen molar-refractivity contribution >= 4 is 27.5 Å². The maximum Gasteiger partial charge on any atom is 0.261 e. The zero-order chi connectivity index (χ0) is 14.0. The van der Waals surface area contributed by atoms with Crippen molar-refractivity contribution in [2.75, 3.05) is 13.1 Å². The topological polar surface area (TPSA) is 93.1 Å². The van der Waals surface area contributed by atoms with Gasteiger partial charge in [0.05, 0.1) is 6.33 Å². The van der Waals surface area contributed by atoms with Gasteiger partial charge >= 0.3 is 0 Å². The first kappa shape index (κ1) is 14.3. The van der Waals surface area contributed by atoms with Gasteiger partial charge in [-0.15, -0.1) is 0 Å². The van der Waals surface area contributed by atoms with Gasteiger partial charge < -0.3 is 9.88 Å². The monoisotopic (exact) mass is 306 g/mol. The standard InChI is InChI=1S/C10H15ClN4O3S/c1-15-6-13-10(8(15)11)19(17,18)14-5-4-12-9(16)7-2-3-7/h6-7,14H,2-5H2,1H3,(H,12,16). The first-order valence-electron chi connectivity index (χ1n) is 5.86. The van der Waals surface area contributed by atoms with Crippen molar-refractivity contribution in [1.82, 2.24) is 19.6 Å². The number of rotatable bonds is 6. The van der Waals surface area contributed by atoms with E-state index in [1.54, 1.807) is 7.05 Å². The van der Waals surface area contributed by atoms with Gasteiger partial charge in [-0.3, -0.25) is 4.79 Å². The molecule has 2 N–H and O–H groups in total. The maximum atomic E-state index is 11.9. The molecular weight excluding hydrogens is 292 g/mol. The molecule has 0 bridgehead atoms. The quantitative estimate of drug-likeness (QED) is 0.717. The van der Waals surface area contributed by atoms with Gasteiger partial charge in [-0.25, -0.2) is 18.1 Å². The van der Waals surface area contributed by atoms with Crippen LogP contribution >= 0.6 is 11.6 Å². The van der Waals surface area contributed by atoms with Crippen LogP contribution < -0.4 is 10.0 Å². The molecule has 1 saturated carbocycles.